The van der Waals surface area contributed by atoms with Crippen molar-refractivity contribution >= 4 is 42.8 Å². The quantitative estimate of drug-likeness (QED) is 0.333. The molecule has 0 bridgehead atoms. The predicted octanol–water partition coefficient (Wildman–Crippen LogP) is 4.57. The Balaban J connectivity index is 1.71. The van der Waals surface area contributed by atoms with Gasteiger partial charge in [-0.1, -0.05) is 65.0 Å². The van der Waals surface area contributed by atoms with E-state index >= 15 is 0 Å². The van der Waals surface area contributed by atoms with Gasteiger partial charge < -0.3 is 25.1 Å². The minimum atomic E-state index is -2.17. The molecule has 0 saturated carbocycles. The van der Waals surface area contributed by atoms with E-state index < -0.39 is 38.3 Å². The molecule has 1 saturated heterocycles. The van der Waals surface area contributed by atoms with Gasteiger partial charge in [0.1, 0.15) is 12.1 Å². The van der Waals surface area contributed by atoms with Crippen LogP contribution < -0.4 is 10.6 Å². The molecule has 2 aromatic rings. The van der Waals surface area contributed by atoms with Gasteiger partial charge in [0.15, 0.2) is 8.32 Å². The van der Waals surface area contributed by atoms with Crippen LogP contribution in [0, 0.1) is 5.92 Å². The highest BCUT2D eigenvalue weighted by Crippen LogP contribution is 2.36. The number of carboxylic acids is 1. The Labute approximate surface area is 244 Å². The molecule has 224 valence electrons. The average Bonchev–Trinajstić information content (AvgIpc) is 3.39. The topological polar surface area (TPSA) is 125 Å². The van der Waals surface area contributed by atoms with Gasteiger partial charge in [-0.25, -0.2) is 0 Å². The Morgan fingerprint density at radius 2 is 1.71 bits per heavy atom. The van der Waals surface area contributed by atoms with Crippen molar-refractivity contribution < 1.29 is 28.7 Å². The van der Waals surface area contributed by atoms with Crippen LogP contribution in [0.2, 0.25) is 18.1 Å². The highest BCUT2D eigenvalue weighted by atomic mass is 28.4. The summed E-state index contributed by atoms with van der Waals surface area (Å²) in [4.78, 5) is 53.4. The van der Waals surface area contributed by atoms with Gasteiger partial charge in [-0.2, -0.15) is 0 Å². The molecule has 1 fully saturated rings. The van der Waals surface area contributed by atoms with E-state index in [-0.39, 0.29) is 35.8 Å². The van der Waals surface area contributed by atoms with E-state index in [9.17, 15) is 24.3 Å². The summed E-state index contributed by atoms with van der Waals surface area (Å²) < 4.78 is 6.21. The second-order valence-corrected chi connectivity index (χ2v) is 17.6. The van der Waals surface area contributed by atoms with E-state index in [0.29, 0.717) is 24.9 Å². The summed E-state index contributed by atoms with van der Waals surface area (Å²) in [7, 11) is -2.17. The van der Waals surface area contributed by atoms with Gasteiger partial charge in [0.25, 0.3) is 5.91 Å². The van der Waals surface area contributed by atoms with Crippen LogP contribution in [0.4, 0.5) is 0 Å². The molecule has 0 unspecified atom stereocenters. The lowest BCUT2D eigenvalue weighted by Crippen LogP contribution is -2.56. The third-order valence-corrected chi connectivity index (χ3v) is 12.8. The molecule has 9 nitrogen and oxygen atoms in total. The molecule has 0 spiro atoms. The van der Waals surface area contributed by atoms with Crippen molar-refractivity contribution in [3.05, 3.63) is 48.0 Å². The summed E-state index contributed by atoms with van der Waals surface area (Å²) in [6.45, 7) is 14.6. The number of carbonyl (C=O) groups excluding carboxylic acids is 3. The largest absolute Gasteiger partial charge is 0.481 e. The first-order chi connectivity index (χ1) is 19.1. The zero-order chi connectivity index (χ0) is 30.5. The number of hydrogen-bond donors (Lipinski definition) is 3. The van der Waals surface area contributed by atoms with E-state index in [1.54, 1.807) is 12.1 Å². The Morgan fingerprint density at radius 3 is 2.32 bits per heavy atom. The lowest BCUT2D eigenvalue weighted by Gasteiger charge is -2.37. The van der Waals surface area contributed by atoms with E-state index in [1.807, 2.05) is 44.2 Å². The number of rotatable bonds is 11. The Hall–Kier alpha value is -3.24. The standard InChI is InChI=1S/C31H45N3O6Si/c1-20(2)27(33-28(37)23-15-14-21-11-8-9-12-22(21)17-23)30(39)34-16-10-13-25(34)29(38)32-24(18-26(35)36)19-40-41(6,7)31(3,4)5/h8-9,11-12,14-15,17,20,24-25,27H,10,13,16,18-19H2,1-7H3,(H,32,38)(H,33,37)(H,35,36)/t24-,25-,27-/m0/s1. The normalized spacial score (nSPS) is 17.4. The fraction of sp³-hybridized carbons (Fsp3) is 0.548. The molecule has 3 amide bonds. The smallest absolute Gasteiger partial charge is 0.305 e. The number of aliphatic carboxylic acids is 1. The van der Waals surface area contributed by atoms with Crippen molar-refractivity contribution in [3.8, 4) is 0 Å². The van der Waals surface area contributed by atoms with Gasteiger partial charge in [0, 0.05) is 12.1 Å². The zero-order valence-corrected chi connectivity index (χ0v) is 26.3. The van der Waals surface area contributed by atoms with Crippen molar-refractivity contribution in [3.63, 3.8) is 0 Å². The molecular weight excluding hydrogens is 538 g/mol. The van der Waals surface area contributed by atoms with Gasteiger partial charge in [-0.15, -0.1) is 0 Å². The molecule has 1 heterocycles. The third-order valence-electron chi connectivity index (χ3n) is 8.29. The van der Waals surface area contributed by atoms with E-state index in [4.69, 9.17) is 4.43 Å². The fourth-order valence-electron chi connectivity index (χ4n) is 4.74. The minimum absolute atomic E-state index is 0.0669. The zero-order valence-electron chi connectivity index (χ0n) is 25.3. The van der Waals surface area contributed by atoms with Crippen molar-refractivity contribution in [2.45, 2.75) is 90.1 Å². The Kier molecular flexibility index (Phi) is 10.4. The number of amides is 3. The number of hydrogen-bond acceptors (Lipinski definition) is 5. The molecule has 41 heavy (non-hydrogen) atoms. The lowest BCUT2D eigenvalue weighted by atomic mass is 10.0. The predicted molar refractivity (Wildman–Crippen MR) is 162 cm³/mol. The molecular formula is C31H45N3O6Si. The molecule has 2 aromatic carbocycles. The van der Waals surface area contributed by atoms with Crippen molar-refractivity contribution in [1.29, 1.82) is 0 Å². The number of benzene rings is 2. The summed E-state index contributed by atoms with van der Waals surface area (Å²) in [6.07, 6.45) is 0.818. The summed E-state index contributed by atoms with van der Waals surface area (Å²) in [5, 5.41) is 17.1. The second kappa shape index (κ2) is 13.2. The maximum Gasteiger partial charge on any atom is 0.305 e. The number of carboxylic acid groups (broad SMARTS) is 1. The monoisotopic (exact) mass is 583 g/mol. The molecule has 0 aliphatic carbocycles. The fourth-order valence-corrected chi connectivity index (χ4v) is 5.79. The maximum atomic E-state index is 13.7. The number of nitrogens with one attached hydrogen (secondary N) is 2. The van der Waals surface area contributed by atoms with Gasteiger partial charge >= 0.3 is 5.97 Å². The molecule has 0 aromatic heterocycles. The van der Waals surface area contributed by atoms with Crippen molar-refractivity contribution in [2.75, 3.05) is 13.2 Å². The van der Waals surface area contributed by atoms with Crippen LogP contribution in [0.15, 0.2) is 42.5 Å². The first-order valence-corrected chi connectivity index (χ1v) is 17.3. The summed E-state index contributed by atoms with van der Waals surface area (Å²) in [6, 6.07) is 10.9. The van der Waals surface area contributed by atoms with Crippen LogP contribution in [0.3, 0.4) is 0 Å². The van der Waals surface area contributed by atoms with E-state index in [0.717, 1.165) is 10.8 Å². The summed E-state index contributed by atoms with van der Waals surface area (Å²) >= 11 is 0. The van der Waals surface area contributed by atoms with Crippen LogP contribution in [-0.2, 0) is 18.8 Å². The molecule has 3 atom stereocenters. The number of fused-ring (bicyclic) bond motifs is 1. The van der Waals surface area contributed by atoms with Crippen LogP contribution in [0.25, 0.3) is 10.8 Å². The molecule has 10 heteroatoms. The summed E-state index contributed by atoms with van der Waals surface area (Å²) in [5.74, 6) is -2.32. The lowest BCUT2D eigenvalue weighted by molar-refractivity contribution is -0.142. The molecule has 1 aliphatic heterocycles. The van der Waals surface area contributed by atoms with Gasteiger partial charge in [0.05, 0.1) is 19.1 Å². The van der Waals surface area contributed by atoms with Crippen LogP contribution in [0.1, 0.15) is 64.2 Å². The Bertz CT molecular complexity index is 1270. The number of nitrogens with zero attached hydrogens (tertiary/aromatic N) is 1. The number of likely N-dealkylation sites (tertiary alicyclic amines) is 1. The van der Waals surface area contributed by atoms with E-state index in [1.165, 1.54) is 4.90 Å². The van der Waals surface area contributed by atoms with Crippen LogP contribution >= 0.6 is 0 Å². The van der Waals surface area contributed by atoms with Crippen LogP contribution in [-0.4, -0.2) is 73.3 Å². The SMILES string of the molecule is CC(C)[C@H](NC(=O)c1ccc2ccccc2c1)C(=O)N1CCC[C@H]1C(=O)N[C@H](CO[Si](C)(C)C(C)(C)C)CC(=O)O. The van der Waals surface area contributed by atoms with E-state index in [2.05, 4.69) is 44.5 Å². The molecule has 3 N–H and O–H groups in total. The van der Waals surface area contributed by atoms with Gasteiger partial charge in [-0.05, 0) is 59.8 Å². The molecule has 1 aliphatic rings. The maximum absolute atomic E-state index is 13.7. The summed E-state index contributed by atoms with van der Waals surface area (Å²) in [5.41, 5.74) is 0.455. The molecule has 3 rings (SSSR count). The highest BCUT2D eigenvalue weighted by molar-refractivity contribution is 6.74. The van der Waals surface area contributed by atoms with Crippen LogP contribution in [0.5, 0.6) is 0 Å². The van der Waals surface area contributed by atoms with Gasteiger partial charge in [0.2, 0.25) is 11.8 Å². The first kappa shape index (κ1) is 32.3. The van der Waals surface area contributed by atoms with Gasteiger partial charge in [-0.3, -0.25) is 19.2 Å². The highest BCUT2D eigenvalue weighted by Gasteiger charge is 2.41. The average molecular weight is 584 g/mol. The second-order valence-electron chi connectivity index (χ2n) is 12.8. The third kappa shape index (κ3) is 8.16. The minimum Gasteiger partial charge on any atom is -0.481 e. The number of carbonyl (C=O) groups is 4. The molecule has 0 radical (unpaired) electrons. The van der Waals surface area contributed by atoms with Crippen molar-refractivity contribution in [2.24, 2.45) is 5.92 Å². The van der Waals surface area contributed by atoms with Crippen molar-refractivity contribution in [1.82, 2.24) is 15.5 Å². The first-order valence-electron chi connectivity index (χ1n) is 14.4. The Morgan fingerprint density at radius 1 is 1.05 bits per heavy atom.